The summed E-state index contributed by atoms with van der Waals surface area (Å²) in [7, 11) is 0. The second-order valence-electron chi connectivity index (χ2n) is 4.19. The Kier molecular flexibility index (Phi) is 5.56. The number of hydrogen-bond acceptors (Lipinski definition) is 3. The molecule has 84 valence electrons. The van der Waals surface area contributed by atoms with Crippen LogP contribution in [-0.4, -0.2) is 23.5 Å². The summed E-state index contributed by atoms with van der Waals surface area (Å²) in [5.41, 5.74) is 0. The highest BCUT2D eigenvalue weighted by Gasteiger charge is 2.19. The molecular formula is C11H18N2OS. The van der Waals surface area contributed by atoms with Gasteiger partial charge < -0.3 is 5.32 Å². The van der Waals surface area contributed by atoms with Crippen molar-refractivity contribution in [3.8, 4) is 6.07 Å². The van der Waals surface area contributed by atoms with E-state index >= 15 is 0 Å². The summed E-state index contributed by atoms with van der Waals surface area (Å²) in [5.74, 6) is 1.62. The Bertz CT molecular complexity index is 249. The van der Waals surface area contributed by atoms with Crippen molar-refractivity contribution >= 4 is 17.7 Å². The van der Waals surface area contributed by atoms with E-state index in [-0.39, 0.29) is 5.91 Å². The maximum absolute atomic E-state index is 11.5. The lowest BCUT2D eigenvalue weighted by Gasteiger charge is -2.27. The van der Waals surface area contributed by atoms with Gasteiger partial charge in [0.25, 0.3) is 0 Å². The van der Waals surface area contributed by atoms with Crippen molar-refractivity contribution in [2.75, 3.05) is 11.5 Å². The number of rotatable bonds is 4. The smallest absolute Gasteiger partial charge is 0.230 e. The van der Waals surface area contributed by atoms with Crippen LogP contribution in [0.1, 0.15) is 32.6 Å². The lowest BCUT2D eigenvalue weighted by Crippen LogP contribution is -2.38. The minimum atomic E-state index is 0.0781. The number of carbonyl (C=O) groups is 1. The Labute approximate surface area is 95.6 Å². The van der Waals surface area contributed by atoms with Crippen LogP contribution >= 0.6 is 11.8 Å². The topological polar surface area (TPSA) is 52.9 Å². The molecule has 0 spiro atoms. The van der Waals surface area contributed by atoms with Gasteiger partial charge in [-0.15, -0.1) is 11.8 Å². The Morgan fingerprint density at radius 2 is 2.40 bits per heavy atom. The van der Waals surface area contributed by atoms with E-state index in [9.17, 15) is 4.79 Å². The molecular weight excluding hydrogens is 208 g/mol. The quantitative estimate of drug-likeness (QED) is 0.745. The molecule has 1 N–H and O–H groups in total. The molecule has 0 aromatic heterocycles. The second-order valence-corrected chi connectivity index (χ2v) is 5.17. The van der Waals surface area contributed by atoms with Crippen LogP contribution in [0.15, 0.2) is 0 Å². The Morgan fingerprint density at radius 3 is 3.07 bits per heavy atom. The molecule has 0 saturated heterocycles. The van der Waals surface area contributed by atoms with Gasteiger partial charge in [0, 0.05) is 6.04 Å². The summed E-state index contributed by atoms with van der Waals surface area (Å²) >= 11 is 1.38. The molecule has 2 atom stereocenters. The lowest BCUT2D eigenvalue weighted by molar-refractivity contribution is -0.119. The Hall–Kier alpha value is -0.690. The van der Waals surface area contributed by atoms with Crippen LogP contribution in [0.5, 0.6) is 0 Å². The first kappa shape index (κ1) is 12.4. The van der Waals surface area contributed by atoms with Gasteiger partial charge in [-0.2, -0.15) is 5.26 Å². The fourth-order valence-electron chi connectivity index (χ4n) is 2.02. The van der Waals surface area contributed by atoms with Gasteiger partial charge in [-0.3, -0.25) is 4.79 Å². The van der Waals surface area contributed by atoms with Crippen LogP contribution in [0, 0.1) is 17.2 Å². The van der Waals surface area contributed by atoms with E-state index in [1.807, 2.05) is 6.07 Å². The van der Waals surface area contributed by atoms with Crippen molar-refractivity contribution in [2.24, 2.45) is 5.92 Å². The van der Waals surface area contributed by atoms with Gasteiger partial charge in [0.15, 0.2) is 0 Å². The molecule has 15 heavy (non-hydrogen) atoms. The first-order valence-electron chi connectivity index (χ1n) is 5.46. The number of nitrogens with zero attached hydrogens (tertiary/aromatic N) is 1. The second kappa shape index (κ2) is 6.73. The SMILES string of the molecule is CC1CCCC(NC(=O)CSCC#N)C1. The van der Waals surface area contributed by atoms with E-state index in [4.69, 9.17) is 5.26 Å². The van der Waals surface area contributed by atoms with Crippen LogP contribution in [0.3, 0.4) is 0 Å². The van der Waals surface area contributed by atoms with Crippen LogP contribution in [0.25, 0.3) is 0 Å². The summed E-state index contributed by atoms with van der Waals surface area (Å²) < 4.78 is 0. The fraction of sp³-hybridized carbons (Fsp3) is 0.818. The zero-order valence-corrected chi connectivity index (χ0v) is 9.98. The van der Waals surface area contributed by atoms with Gasteiger partial charge in [-0.05, 0) is 18.8 Å². The summed E-state index contributed by atoms with van der Waals surface area (Å²) in [6, 6.07) is 2.38. The van der Waals surface area contributed by atoms with E-state index in [1.54, 1.807) is 0 Å². The first-order valence-corrected chi connectivity index (χ1v) is 6.62. The van der Waals surface area contributed by atoms with Crippen molar-refractivity contribution in [1.29, 1.82) is 5.26 Å². The van der Waals surface area contributed by atoms with Crippen LogP contribution < -0.4 is 5.32 Å². The van der Waals surface area contributed by atoms with Crippen molar-refractivity contribution in [3.05, 3.63) is 0 Å². The highest BCUT2D eigenvalue weighted by molar-refractivity contribution is 8.00. The summed E-state index contributed by atoms with van der Waals surface area (Å²) in [4.78, 5) is 11.5. The third-order valence-corrected chi connectivity index (χ3v) is 3.50. The predicted octanol–water partition coefficient (Wildman–Crippen LogP) is 1.94. The van der Waals surface area contributed by atoms with E-state index in [1.165, 1.54) is 24.6 Å². The number of nitrogens with one attached hydrogen (secondary N) is 1. The Morgan fingerprint density at radius 1 is 1.60 bits per heavy atom. The zero-order chi connectivity index (χ0) is 11.1. The first-order chi connectivity index (χ1) is 7.22. The molecule has 0 bridgehead atoms. The number of nitriles is 1. The van der Waals surface area contributed by atoms with Gasteiger partial charge >= 0.3 is 0 Å². The maximum atomic E-state index is 11.5. The van der Waals surface area contributed by atoms with Crippen LogP contribution in [0.4, 0.5) is 0 Å². The lowest BCUT2D eigenvalue weighted by atomic mass is 9.87. The molecule has 1 aliphatic carbocycles. The highest BCUT2D eigenvalue weighted by Crippen LogP contribution is 2.23. The van der Waals surface area contributed by atoms with Gasteiger partial charge in [-0.1, -0.05) is 19.8 Å². The molecule has 0 heterocycles. The molecule has 0 aliphatic heterocycles. The van der Waals surface area contributed by atoms with Crippen molar-refractivity contribution in [2.45, 2.75) is 38.6 Å². The Balaban J connectivity index is 2.16. The standard InChI is InChI=1S/C11H18N2OS/c1-9-3-2-4-10(7-9)13-11(14)8-15-6-5-12/h9-10H,2-4,6-8H2,1H3,(H,13,14). The van der Waals surface area contributed by atoms with Crippen molar-refractivity contribution in [1.82, 2.24) is 5.32 Å². The fourth-order valence-corrected chi connectivity index (χ4v) is 2.49. The average molecular weight is 226 g/mol. The molecule has 1 saturated carbocycles. The van der Waals surface area contributed by atoms with Crippen LogP contribution in [0.2, 0.25) is 0 Å². The van der Waals surface area contributed by atoms with Crippen molar-refractivity contribution in [3.63, 3.8) is 0 Å². The average Bonchev–Trinajstić information content (AvgIpc) is 2.18. The van der Waals surface area contributed by atoms with Crippen LogP contribution in [-0.2, 0) is 4.79 Å². The molecule has 2 unspecified atom stereocenters. The number of carbonyl (C=O) groups excluding carboxylic acids is 1. The molecule has 0 radical (unpaired) electrons. The molecule has 0 aromatic rings. The number of thioether (sulfide) groups is 1. The maximum Gasteiger partial charge on any atom is 0.230 e. The molecule has 0 aromatic carbocycles. The van der Waals surface area contributed by atoms with Gasteiger partial charge in [0.1, 0.15) is 0 Å². The van der Waals surface area contributed by atoms with Gasteiger partial charge in [-0.25, -0.2) is 0 Å². The molecule has 1 rings (SSSR count). The monoisotopic (exact) mass is 226 g/mol. The minimum absolute atomic E-state index is 0.0781. The van der Waals surface area contributed by atoms with E-state index in [2.05, 4.69) is 12.2 Å². The third-order valence-electron chi connectivity index (χ3n) is 2.70. The summed E-state index contributed by atoms with van der Waals surface area (Å²) in [6.07, 6.45) is 4.72. The molecule has 1 fully saturated rings. The molecule has 1 aliphatic rings. The van der Waals surface area contributed by atoms with E-state index in [0.29, 0.717) is 17.5 Å². The predicted molar refractivity (Wildman–Crippen MR) is 62.5 cm³/mol. The highest BCUT2D eigenvalue weighted by atomic mass is 32.2. The summed E-state index contributed by atoms with van der Waals surface area (Å²) in [6.45, 7) is 2.24. The molecule has 3 nitrogen and oxygen atoms in total. The van der Waals surface area contributed by atoms with E-state index < -0.39 is 0 Å². The largest absolute Gasteiger partial charge is 0.353 e. The normalized spacial score (nSPS) is 25.6. The number of amides is 1. The van der Waals surface area contributed by atoms with E-state index in [0.717, 1.165) is 18.8 Å². The third kappa shape index (κ3) is 5.08. The minimum Gasteiger partial charge on any atom is -0.353 e. The van der Waals surface area contributed by atoms with Gasteiger partial charge in [0.05, 0.1) is 17.6 Å². The van der Waals surface area contributed by atoms with Crippen molar-refractivity contribution < 1.29 is 4.79 Å². The number of hydrogen-bond donors (Lipinski definition) is 1. The van der Waals surface area contributed by atoms with Gasteiger partial charge in [0.2, 0.25) is 5.91 Å². The zero-order valence-electron chi connectivity index (χ0n) is 9.16. The summed E-state index contributed by atoms with van der Waals surface area (Å²) in [5, 5.41) is 11.4. The molecule has 4 heteroatoms. The molecule has 1 amide bonds.